The van der Waals surface area contributed by atoms with Gasteiger partial charge in [0.15, 0.2) is 0 Å². The van der Waals surface area contributed by atoms with Gasteiger partial charge in [-0.3, -0.25) is 0 Å². The topological polar surface area (TPSA) is 8.81 Å². The maximum Gasteiger partial charge on any atom is 0.256 e. The second-order valence-electron chi connectivity index (χ2n) is 10.2. The number of hydrogen-bond acceptors (Lipinski definition) is 0. The summed E-state index contributed by atoms with van der Waals surface area (Å²) in [5.41, 5.74) is 0. The van der Waals surface area contributed by atoms with E-state index in [2.05, 4.69) is 42.3 Å². The van der Waals surface area contributed by atoms with Gasteiger partial charge < -0.3 is 0 Å². The molecule has 1 aromatic rings. The summed E-state index contributed by atoms with van der Waals surface area (Å²) in [6.45, 7) is 9.35. The highest BCUT2D eigenvalue weighted by Crippen LogP contribution is 2.13. The molecule has 32 heavy (non-hydrogen) atoms. The van der Waals surface area contributed by atoms with Gasteiger partial charge in [0.25, 0.3) is 5.82 Å². The molecule has 0 amide bonds. The maximum atomic E-state index is 2.57. The van der Waals surface area contributed by atoms with E-state index in [0.717, 1.165) is 0 Å². The second kappa shape index (κ2) is 22.0. The van der Waals surface area contributed by atoms with Crippen molar-refractivity contribution in [3.63, 3.8) is 0 Å². The van der Waals surface area contributed by atoms with E-state index in [4.69, 9.17) is 0 Å². The molecular formula is C30H59N2+. The van der Waals surface area contributed by atoms with Crippen LogP contribution in [0.25, 0.3) is 0 Å². The lowest BCUT2D eigenvalue weighted by Crippen LogP contribution is -2.37. The fourth-order valence-corrected chi connectivity index (χ4v) is 4.89. The molecule has 1 aromatic heterocycles. The summed E-state index contributed by atoms with van der Waals surface area (Å²) in [7, 11) is 0. The van der Waals surface area contributed by atoms with Gasteiger partial charge >= 0.3 is 0 Å². The van der Waals surface area contributed by atoms with Crippen molar-refractivity contribution in [3.05, 3.63) is 18.2 Å². The van der Waals surface area contributed by atoms with Crippen LogP contribution < -0.4 is 4.57 Å². The molecule has 0 saturated carbocycles. The number of imidazole rings is 1. The smallest absolute Gasteiger partial charge is 0.234 e. The van der Waals surface area contributed by atoms with E-state index in [1.807, 2.05) is 0 Å². The molecule has 0 aromatic carbocycles. The van der Waals surface area contributed by atoms with E-state index in [1.165, 1.54) is 154 Å². The molecule has 0 radical (unpaired) electrons. The van der Waals surface area contributed by atoms with Crippen LogP contribution in [0.5, 0.6) is 0 Å². The Morgan fingerprint density at radius 2 is 0.969 bits per heavy atom. The molecule has 0 saturated heterocycles. The summed E-state index contributed by atoms with van der Waals surface area (Å²) in [5.74, 6) is 1.58. The minimum atomic E-state index is 1.21. The predicted molar refractivity (Wildman–Crippen MR) is 142 cm³/mol. The monoisotopic (exact) mass is 447 g/mol. The van der Waals surface area contributed by atoms with Gasteiger partial charge in [-0.1, -0.05) is 124 Å². The van der Waals surface area contributed by atoms with Crippen LogP contribution in [0, 0.1) is 0 Å². The minimum Gasteiger partial charge on any atom is -0.234 e. The van der Waals surface area contributed by atoms with Crippen molar-refractivity contribution in [3.8, 4) is 0 Å². The molecule has 1 rings (SSSR count). The third kappa shape index (κ3) is 15.1. The van der Waals surface area contributed by atoms with E-state index in [0.29, 0.717) is 0 Å². The molecule has 0 unspecified atom stereocenters. The van der Waals surface area contributed by atoms with Gasteiger partial charge in [0.2, 0.25) is 0 Å². The van der Waals surface area contributed by atoms with E-state index in [9.17, 15) is 0 Å². The van der Waals surface area contributed by atoms with Crippen LogP contribution in [0.3, 0.4) is 0 Å². The summed E-state index contributed by atoms with van der Waals surface area (Å²) >= 11 is 0. The fourth-order valence-electron chi connectivity index (χ4n) is 4.89. The Labute approximate surface area is 202 Å². The van der Waals surface area contributed by atoms with Crippen molar-refractivity contribution >= 4 is 0 Å². The first kappa shape index (κ1) is 29.2. The van der Waals surface area contributed by atoms with Gasteiger partial charge in [0.1, 0.15) is 12.4 Å². The lowest BCUT2D eigenvalue weighted by molar-refractivity contribution is -0.704. The van der Waals surface area contributed by atoms with E-state index < -0.39 is 0 Å². The molecule has 0 atom stereocenters. The zero-order chi connectivity index (χ0) is 23.1. The Balaban J connectivity index is 2.06. The first-order valence-corrected chi connectivity index (χ1v) is 14.9. The Kier molecular flexibility index (Phi) is 20.1. The quantitative estimate of drug-likeness (QED) is 0.110. The predicted octanol–water partition coefficient (Wildman–Crippen LogP) is 9.57. The average Bonchev–Trinajstić information content (AvgIpc) is 3.19. The van der Waals surface area contributed by atoms with E-state index in [-0.39, 0.29) is 0 Å². The Bertz CT molecular complexity index is 505. The molecule has 0 fully saturated rings. The highest BCUT2D eigenvalue weighted by atomic mass is 15.1. The van der Waals surface area contributed by atoms with Crippen LogP contribution in [-0.4, -0.2) is 4.57 Å². The van der Waals surface area contributed by atoms with Crippen LogP contribution in [0.15, 0.2) is 12.4 Å². The molecule has 0 aliphatic heterocycles. The molecule has 0 aliphatic rings. The van der Waals surface area contributed by atoms with Gasteiger partial charge in [-0.05, 0) is 32.1 Å². The van der Waals surface area contributed by atoms with Gasteiger partial charge in [0.05, 0.1) is 13.1 Å². The van der Waals surface area contributed by atoms with Crippen molar-refractivity contribution in [1.82, 2.24) is 4.57 Å². The average molecular weight is 448 g/mol. The number of nitrogens with zero attached hydrogens (tertiary/aromatic N) is 2. The van der Waals surface area contributed by atoms with Crippen LogP contribution in [-0.2, 0) is 19.5 Å². The van der Waals surface area contributed by atoms with Crippen molar-refractivity contribution < 1.29 is 4.57 Å². The Morgan fingerprint density at radius 1 is 0.531 bits per heavy atom. The largest absolute Gasteiger partial charge is 0.256 e. The number of aryl methyl sites for hydroxylation is 2. The normalized spacial score (nSPS) is 11.5. The van der Waals surface area contributed by atoms with Crippen molar-refractivity contribution in [2.75, 3.05) is 0 Å². The van der Waals surface area contributed by atoms with Crippen LogP contribution in [0.1, 0.15) is 161 Å². The molecule has 1 heterocycles. The lowest BCUT2D eigenvalue weighted by atomic mass is 10.0. The standard InChI is InChI=1S/C30H59N2/c1-4-7-10-12-13-14-15-16-17-18-19-20-21-22-24-27-32-29-28-31(26-23-11-8-5-2)30(32)25-9-6-3/h28-29H,4-27H2,1-3H3/q+1. The SMILES string of the molecule is CCCCCCCCCCCCCCCCC[n+]1ccn(CCCCCC)c1CCCC. The van der Waals surface area contributed by atoms with E-state index in [1.54, 1.807) is 5.82 Å². The highest BCUT2D eigenvalue weighted by Gasteiger charge is 2.15. The van der Waals surface area contributed by atoms with Gasteiger partial charge in [-0.2, -0.15) is 0 Å². The van der Waals surface area contributed by atoms with Crippen molar-refractivity contribution in [2.45, 2.75) is 175 Å². The molecule has 0 spiro atoms. The third-order valence-corrected chi connectivity index (χ3v) is 7.10. The van der Waals surface area contributed by atoms with Gasteiger partial charge in [-0.15, -0.1) is 0 Å². The van der Waals surface area contributed by atoms with Crippen LogP contribution in [0.4, 0.5) is 0 Å². The number of rotatable bonds is 24. The molecule has 2 heteroatoms. The van der Waals surface area contributed by atoms with Crippen molar-refractivity contribution in [1.29, 1.82) is 0 Å². The second-order valence-corrected chi connectivity index (χ2v) is 10.2. The summed E-state index contributed by atoms with van der Waals surface area (Å²) in [6, 6.07) is 0. The molecule has 0 N–H and O–H groups in total. The summed E-state index contributed by atoms with van der Waals surface area (Å²) in [5, 5.41) is 0. The molecular weight excluding hydrogens is 388 g/mol. The Morgan fingerprint density at radius 3 is 1.47 bits per heavy atom. The maximum absolute atomic E-state index is 2.57. The number of hydrogen-bond donors (Lipinski definition) is 0. The van der Waals surface area contributed by atoms with Crippen LogP contribution in [0.2, 0.25) is 0 Å². The Hall–Kier alpha value is -0.790. The first-order valence-electron chi connectivity index (χ1n) is 14.9. The van der Waals surface area contributed by atoms with E-state index >= 15 is 0 Å². The number of aromatic nitrogens is 2. The highest BCUT2D eigenvalue weighted by molar-refractivity contribution is 4.84. The van der Waals surface area contributed by atoms with Crippen molar-refractivity contribution in [2.24, 2.45) is 0 Å². The lowest BCUT2D eigenvalue weighted by Gasteiger charge is -2.06. The summed E-state index contributed by atoms with van der Waals surface area (Å²) in [4.78, 5) is 0. The van der Waals surface area contributed by atoms with Gasteiger partial charge in [-0.25, -0.2) is 9.13 Å². The third-order valence-electron chi connectivity index (χ3n) is 7.10. The minimum absolute atomic E-state index is 1.21. The molecule has 0 bridgehead atoms. The zero-order valence-electron chi connectivity index (χ0n) is 22.5. The molecule has 188 valence electrons. The van der Waals surface area contributed by atoms with Gasteiger partial charge in [0, 0.05) is 6.42 Å². The molecule has 2 nitrogen and oxygen atoms in total. The zero-order valence-corrected chi connectivity index (χ0v) is 22.5. The number of unbranched alkanes of at least 4 members (excludes halogenated alkanes) is 18. The first-order chi connectivity index (χ1) is 15.8. The fraction of sp³-hybridized carbons (Fsp3) is 0.900. The molecule has 0 aliphatic carbocycles. The summed E-state index contributed by atoms with van der Waals surface area (Å²) in [6.07, 6.45) is 35.6. The summed E-state index contributed by atoms with van der Waals surface area (Å²) < 4.78 is 5.12. The van der Waals surface area contributed by atoms with Crippen LogP contribution >= 0.6 is 0 Å².